The standard InChI is InChI=1S/C10H12Br2N2OS2/c1-5(3-8(13)16)14(2)10(15)6-4-7(11)17-9(6)12/h4-5H,3H2,1-2H3,(H2,13,16). The summed E-state index contributed by atoms with van der Waals surface area (Å²) in [5.41, 5.74) is 6.13. The van der Waals surface area contributed by atoms with E-state index in [9.17, 15) is 4.79 Å². The van der Waals surface area contributed by atoms with Gasteiger partial charge in [-0.05, 0) is 44.8 Å². The van der Waals surface area contributed by atoms with Gasteiger partial charge in [-0.2, -0.15) is 0 Å². The molecule has 0 aliphatic rings. The average molecular weight is 400 g/mol. The predicted octanol–water partition coefficient (Wildman–Crippen LogP) is 3.41. The number of halogens is 2. The third-order valence-corrected chi connectivity index (χ3v) is 4.87. The third kappa shape index (κ3) is 4.01. The van der Waals surface area contributed by atoms with Gasteiger partial charge in [-0.1, -0.05) is 12.2 Å². The molecule has 0 fully saturated rings. The maximum atomic E-state index is 12.2. The summed E-state index contributed by atoms with van der Waals surface area (Å²) in [4.78, 5) is 14.3. The molecule has 1 aromatic heterocycles. The van der Waals surface area contributed by atoms with Gasteiger partial charge in [0.15, 0.2) is 0 Å². The Kier molecular flexibility index (Phi) is 5.56. The lowest BCUT2D eigenvalue weighted by Gasteiger charge is -2.24. The Labute approximate surface area is 127 Å². The van der Waals surface area contributed by atoms with Crippen LogP contribution in [0.2, 0.25) is 0 Å². The summed E-state index contributed by atoms with van der Waals surface area (Å²) in [6.45, 7) is 1.92. The molecule has 7 heteroatoms. The monoisotopic (exact) mass is 398 g/mol. The highest BCUT2D eigenvalue weighted by Gasteiger charge is 2.21. The van der Waals surface area contributed by atoms with Gasteiger partial charge in [0.2, 0.25) is 0 Å². The molecule has 0 aliphatic carbocycles. The van der Waals surface area contributed by atoms with Crippen molar-refractivity contribution in [2.75, 3.05) is 7.05 Å². The van der Waals surface area contributed by atoms with E-state index in [4.69, 9.17) is 18.0 Å². The first-order valence-electron chi connectivity index (χ1n) is 4.83. The van der Waals surface area contributed by atoms with Crippen molar-refractivity contribution in [3.8, 4) is 0 Å². The van der Waals surface area contributed by atoms with Gasteiger partial charge in [0.05, 0.1) is 18.1 Å². The predicted molar refractivity (Wildman–Crippen MR) is 82.7 cm³/mol. The van der Waals surface area contributed by atoms with Crippen LogP contribution in [0.25, 0.3) is 0 Å². The molecule has 94 valence electrons. The van der Waals surface area contributed by atoms with Crippen molar-refractivity contribution >= 4 is 66.3 Å². The largest absolute Gasteiger partial charge is 0.393 e. The molecule has 1 atom stereocenters. The highest BCUT2D eigenvalue weighted by atomic mass is 79.9. The first-order chi connectivity index (χ1) is 7.82. The first kappa shape index (κ1) is 15.1. The van der Waals surface area contributed by atoms with Gasteiger partial charge in [-0.3, -0.25) is 4.79 Å². The molecule has 0 radical (unpaired) electrons. The van der Waals surface area contributed by atoms with Gasteiger partial charge in [-0.15, -0.1) is 11.3 Å². The third-order valence-electron chi connectivity index (χ3n) is 2.37. The topological polar surface area (TPSA) is 46.3 Å². The van der Waals surface area contributed by atoms with Crippen molar-refractivity contribution in [2.45, 2.75) is 19.4 Å². The number of nitrogens with zero attached hydrogens (tertiary/aromatic N) is 1. The summed E-state index contributed by atoms with van der Waals surface area (Å²) in [5, 5.41) is 0. The smallest absolute Gasteiger partial charge is 0.255 e. The van der Waals surface area contributed by atoms with Crippen LogP contribution in [0.3, 0.4) is 0 Å². The quantitative estimate of drug-likeness (QED) is 0.789. The van der Waals surface area contributed by atoms with Gasteiger partial charge in [0.25, 0.3) is 5.91 Å². The lowest BCUT2D eigenvalue weighted by Crippen LogP contribution is -2.37. The van der Waals surface area contributed by atoms with Crippen molar-refractivity contribution in [3.05, 3.63) is 19.2 Å². The van der Waals surface area contributed by atoms with Crippen LogP contribution in [-0.4, -0.2) is 28.9 Å². The molecule has 0 spiro atoms. The number of carbonyl (C=O) groups excluding carboxylic acids is 1. The molecular weight excluding hydrogens is 388 g/mol. The number of thiocarbonyl (C=S) groups is 1. The molecule has 0 aromatic carbocycles. The number of nitrogens with two attached hydrogens (primary N) is 1. The Hall–Kier alpha value is 0.0200. The average Bonchev–Trinajstić information content (AvgIpc) is 2.54. The van der Waals surface area contributed by atoms with Crippen LogP contribution < -0.4 is 5.73 Å². The molecule has 1 rings (SSSR count). The lowest BCUT2D eigenvalue weighted by molar-refractivity contribution is 0.0748. The Balaban J connectivity index is 2.83. The molecule has 1 amide bonds. The van der Waals surface area contributed by atoms with E-state index in [-0.39, 0.29) is 11.9 Å². The minimum absolute atomic E-state index is 0.00873. The highest BCUT2D eigenvalue weighted by molar-refractivity contribution is 9.12. The fourth-order valence-electron chi connectivity index (χ4n) is 1.30. The highest BCUT2D eigenvalue weighted by Crippen LogP contribution is 2.32. The zero-order valence-corrected chi connectivity index (χ0v) is 14.2. The molecular formula is C10H12Br2N2OS2. The molecule has 3 nitrogen and oxygen atoms in total. The summed E-state index contributed by atoms with van der Waals surface area (Å²) in [6.07, 6.45) is 0.528. The number of rotatable bonds is 4. The number of carbonyl (C=O) groups is 1. The number of thiophene rings is 1. The van der Waals surface area contributed by atoms with Crippen molar-refractivity contribution in [1.82, 2.24) is 4.90 Å². The molecule has 0 aliphatic heterocycles. The SMILES string of the molecule is CC(CC(N)=S)N(C)C(=O)c1cc(Br)sc1Br. The Morgan fingerprint density at radius 3 is 2.65 bits per heavy atom. The van der Waals surface area contributed by atoms with Gasteiger partial charge < -0.3 is 10.6 Å². The summed E-state index contributed by atoms with van der Waals surface area (Å²) in [5.74, 6) is -0.0393. The molecule has 1 unspecified atom stereocenters. The second kappa shape index (κ2) is 6.26. The maximum absolute atomic E-state index is 12.2. The van der Waals surface area contributed by atoms with Crippen LogP contribution in [0.15, 0.2) is 13.6 Å². The maximum Gasteiger partial charge on any atom is 0.255 e. The van der Waals surface area contributed by atoms with E-state index >= 15 is 0 Å². The molecule has 0 saturated heterocycles. The molecule has 1 heterocycles. The van der Waals surface area contributed by atoms with Gasteiger partial charge in [0, 0.05) is 19.5 Å². The van der Waals surface area contributed by atoms with Crippen LogP contribution in [-0.2, 0) is 0 Å². The summed E-state index contributed by atoms with van der Waals surface area (Å²) < 4.78 is 1.74. The summed E-state index contributed by atoms with van der Waals surface area (Å²) in [6, 6.07) is 1.80. The number of hydrogen-bond donors (Lipinski definition) is 1. The fraction of sp³-hybridized carbons (Fsp3) is 0.400. The molecule has 2 N–H and O–H groups in total. The number of hydrogen-bond acceptors (Lipinski definition) is 3. The van der Waals surface area contributed by atoms with E-state index in [0.717, 1.165) is 7.57 Å². The van der Waals surface area contributed by atoms with E-state index in [1.54, 1.807) is 18.0 Å². The second-order valence-corrected chi connectivity index (χ2v) is 7.95. The van der Waals surface area contributed by atoms with Crippen LogP contribution in [0.4, 0.5) is 0 Å². The van der Waals surface area contributed by atoms with E-state index in [0.29, 0.717) is 17.0 Å². The summed E-state index contributed by atoms with van der Waals surface area (Å²) >= 11 is 13.1. The minimum atomic E-state index is -0.0393. The Bertz CT molecular complexity index is 448. The second-order valence-electron chi connectivity index (χ2n) is 3.67. The van der Waals surface area contributed by atoms with Gasteiger partial charge in [-0.25, -0.2) is 0 Å². The van der Waals surface area contributed by atoms with Crippen molar-refractivity contribution in [3.63, 3.8) is 0 Å². The van der Waals surface area contributed by atoms with Crippen molar-refractivity contribution in [2.24, 2.45) is 5.73 Å². The van der Waals surface area contributed by atoms with Crippen LogP contribution >= 0.6 is 55.4 Å². The Morgan fingerprint density at radius 1 is 1.65 bits per heavy atom. The molecule has 17 heavy (non-hydrogen) atoms. The van der Waals surface area contributed by atoms with Crippen LogP contribution in [0, 0.1) is 0 Å². The van der Waals surface area contributed by atoms with Crippen LogP contribution in [0.1, 0.15) is 23.7 Å². The zero-order chi connectivity index (χ0) is 13.2. The van der Waals surface area contributed by atoms with E-state index in [1.165, 1.54) is 11.3 Å². The molecule has 0 bridgehead atoms. The molecule has 0 saturated carbocycles. The molecule has 1 aromatic rings. The van der Waals surface area contributed by atoms with E-state index in [2.05, 4.69) is 31.9 Å². The van der Waals surface area contributed by atoms with Gasteiger partial charge in [0.1, 0.15) is 0 Å². The van der Waals surface area contributed by atoms with E-state index in [1.807, 2.05) is 6.92 Å². The number of amides is 1. The van der Waals surface area contributed by atoms with Crippen molar-refractivity contribution < 1.29 is 4.79 Å². The zero-order valence-electron chi connectivity index (χ0n) is 9.37. The first-order valence-corrected chi connectivity index (χ1v) is 7.64. The lowest BCUT2D eigenvalue weighted by atomic mass is 10.2. The fourth-order valence-corrected chi connectivity index (χ4v) is 4.32. The van der Waals surface area contributed by atoms with Crippen molar-refractivity contribution in [1.29, 1.82) is 0 Å². The normalized spacial score (nSPS) is 12.2. The van der Waals surface area contributed by atoms with Crippen LogP contribution in [0.5, 0.6) is 0 Å². The summed E-state index contributed by atoms with van der Waals surface area (Å²) in [7, 11) is 1.75. The minimum Gasteiger partial charge on any atom is -0.393 e. The van der Waals surface area contributed by atoms with Gasteiger partial charge >= 0.3 is 0 Å². The van der Waals surface area contributed by atoms with E-state index < -0.39 is 0 Å². The Morgan fingerprint density at radius 2 is 2.24 bits per heavy atom.